The molecule has 2 unspecified atom stereocenters. The van der Waals surface area contributed by atoms with Crippen LogP contribution in [0.25, 0.3) is 0 Å². The number of benzene rings is 1. The molecule has 2 amide bonds. The van der Waals surface area contributed by atoms with Gasteiger partial charge in [0.2, 0.25) is 5.91 Å². The Morgan fingerprint density at radius 2 is 2.19 bits per heavy atom. The van der Waals surface area contributed by atoms with E-state index in [4.69, 9.17) is 0 Å². The first-order valence-electron chi connectivity index (χ1n) is 8.95. The molecular formula is C19H30ClN3O2S. The van der Waals surface area contributed by atoms with Gasteiger partial charge in [0, 0.05) is 12.1 Å². The lowest BCUT2D eigenvalue weighted by Crippen LogP contribution is -2.49. The number of carbonyl (C=O) groups excluding carboxylic acids is 2. The third kappa shape index (κ3) is 7.56. The molecule has 0 aromatic heterocycles. The lowest BCUT2D eigenvalue weighted by atomic mass is 9.99. The van der Waals surface area contributed by atoms with Crippen molar-refractivity contribution < 1.29 is 9.59 Å². The van der Waals surface area contributed by atoms with E-state index in [1.807, 2.05) is 31.4 Å². The van der Waals surface area contributed by atoms with Gasteiger partial charge in [-0.15, -0.1) is 12.4 Å². The van der Waals surface area contributed by atoms with Crippen LogP contribution in [0.15, 0.2) is 24.3 Å². The first-order valence-corrected chi connectivity index (χ1v) is 10.3. The smallest absolute Gasteiger partial charge is 0.251 e. The summed E-state index contributed by atoms with van der Waals surface area (Å²) in [7, 11) is 0. The zero-order valence-electron chi connectivity index (χ0n) is 15.5. The van der Waals surface area contributed by atoms with Crippen LogP contribution in [0.5, 0.6) is 0 Å². The molecule has 2 rings (SSSR count). The zero-order valence-corrected chi connectivity index (χ0v) is 17.2. The molecule has 1 aliphatic heterocycles. The highest BCUT2D eigenvalue weighted by atomic mass is 35.5. The molecule has 0 aliphatic carbocycles. The second-order valence-electron chi connectivity index (χ2n) is 6.63. The maximum absolute atomic E-state index is 12.6. The molecule has 7 heteroatoms. The van der Waals surface area contributed by atoms with E-state index < -0.39 is 6.04 Å². The molecule has 1 aromatic carbocycles. The van der Waals surface area contributed by atoms with Crippen molar-refractivity contribution in [2.75, 3.05) is 31.6 Å². The standard InChI is InChI=1S/C19H29N3O2S.ClH/c1-14-5-3-7-16(11-14)18(23)22-17(8-10-25-2)19(24)21-13-15-6-4-9-20-12-15;/h3,5,7,11,15,17,20H,4,6,8-10,12-13H2,1-2H3,(H,21,24)(H,22,23);1H. The van der Waals surface area contributed by atoms with Gasteiger partial charge < -0.3 is 16.0 Å². The van der Waals surface area contributed by atoms with E-state index in [1.54, 1.807) is 17.8 Å². The number of carbonyl (C=O) groups is 2. The van der Waals surface area contributed by atoms with E-state index in [0.717, 1.165) is 37.2 Å². The predicted octanol–water partition coefficient (Wildman–Crippen LogP) is 2.38. The Morgan fingerprint density at radius 1 is 1.38 bits per heavy atom. The fourth-order valence-electron chi connectivity index (χ4n) is 3.00. The lowest BCUT2D eigenvalue weighted by Gasteiger charge is -2.24. The molecule has 0 saturated carbocycles. The lowest BCUT2D eigenvalue weighted by molar-refractivity contribution is -0.123. The van der Waals surface area contributed by atoms with E-state index in [2.05, 4.69) is 16.0 Å². The molecule has 0 spiro atoms. The average molecular weight is 400 g/mol. The zero-order chi connectivity index (χ0) is 18.1. The summed E-state index contributed by atoms with van der Waals surface area (Å²) in [6.07, 6.45) is 4.93. The second-order valence-corrected chi connectivity index (χ2v) is 7.62. The summed E-state index contributed by atoms with van der Waals surface area (Å²) in [4.78, 5) is 25.0. The van der Waals surface area contributed by atoms with Crippen molar-refractivity contribution >= 4 is 36.0 Å². The summed E-state index contributed by atoms with van der Waals surface area (Å²) >= 11 is 1.68. The fourth-order valence-corrected chi connectivity index (χ4v) is 3.47. The van der Waals surface area contributed by atoms with Gasteiger partial charge in [0.25, 0.3) is 5.91 Å². The molecule has 1 aliphatic rings. The first kappa shape index (κ1) is 22.8. The molecule has 5 nitrogen and oxygen atoms in total. The van der Waals surface area contributed by atoms with Gasteiger partial charge in [0.05, 0.1) is 0 Å². The topological polar surface area (TPSA) is 70.2 Å². The van der Waals surface area contributed by atoms with Crippen molar-refractivity contribution in [3.63, 3.8) is 0 Å². The monoisotopic (exact) mass is 399 g/mol. The van der Waals surface area contributed by atoms with Crippen LogP contribution in [0.3, 0.4) is 0 Å². The highest BCUT2D eigenvalue weighted by Gasteiger charge is 2.22. The van der Waals surface area contributed by atoms with Gasteiger partial charge in [0.1, 0.15) is 6.04 Å². The quantitative estimate of drug-likeness (QED) is 0.627. The van der Waals surface area contributed by atoms with Crippen molar-refractivity contribution in [1.29, 1.82) is 0 Å². The van der Waals surface area contributed by atoms with Crippen LogP contribution in [-0.2, 0) is 4.79 Å². The van der Waals surface area contributed by atoms with Gasteiger partial charge in [-0.1, -0.05) is 17.7 Å². The van der Waals surface area contributed by atoms with Crippen LogP contribution >= 0.6 is 24.2 Å². The number of piperidine rings is 1. The maximum Gasteiger partial charge on any atom is 0.251 e. The van der Waals surface area contributed by atoms with Crippen molar-refractivity contribution in [1.82, 2.24) is 16.0 Å². The SMILES string of the molecule is CSCCC(NC(=O)c1cccc(C)c1)C(=O)NCC1CCCNC1.Cl. The highest BCUT2D eigenvalue weighted by molar-refractivity contribution is 7.98. The van der Waals surface area contributed by atoms with Gasteiger partial charge >= 0.3 is 0 Å². The molecule has 1 aromatic rings. The molecule has 1 heterocycles. The Morgan fingerprint density at radius 3 is 2.85 bits per heavy atom. The minimum Gasteiger partial charge on any atom is -0.354 e. The Labute approximate surface area is 166 Å². The number of rotatable bonds is 8. The molecule has 0 radical (unpaired) electrons. The molecule has 0 bridgehead atoms. The van der Waals surface area contributed by atoms with Gasteiger partial charge in [-0.2, -0.15) is 11.8 Å². The van der Waals surface area contributed by atoms with E-state index >= 15 is 0 Å². The summed E-state index contributed by atoms with van der Waals surface area (Å²) in [5, 5.41) is 9.29. The van der Waals surface area contributed by atoms with Crippen LogP contribution in [0.4, 0.5) is 0 Å². The highest BCUT2D eigenvalue weighted by Crippen LogP contribution is 2.10. The van der Waals surface area contributed by atoms with Crippen LogP contribution in [0.1, 0.15) is 35.2 Å². The van der Waals surface area contributed by atoms with Gasteiger partial charge in [-0.3, -0.25) is 9.59 Å². The van der Waals surface area contributed by atoms with Crippen molar-refractivity contribution in [2.24, 2.45) is 5.92 Å². The van der Waals surface area contributed by atoms with E-state index in [1.165, 1.54) is 0 Å². The number of amides is 2. The van der Waals surface area contributed by atoms with Gasteiger partial charge in [0.15, 0.2) is 0 Å². The Kier molecular flexibility index (Phi) is 10.7. The summed E-state index contributed by atoms with van der Waals surface area (Å²) < 4.78 is 0. The molecule has 1 fully saturated rings. The second kappa shape index (κ2) is 12.2. The average Bonchev–Trinajstić information content (AvgIpc) is 2.63. The molecule has 2 atom stereocenters. The van der Waals surface area contributed by atoms with E-state index in [0.29, 0.717) is 24.4 Å². The van der Waals surface area contributed by atoms with Crippen molar-refractivity contribution in [2.45, 2.75) is 32.2 Å². The minimum absolute atomic E-state index is 0. The first-order chi connectivity index (χ1) is 12.1. The molecule has 1 saturated heterocycles. The molecule has 3 N–H and O–H groups in total. The van der Waals surface area contributed by atoms with Gasteiger partial charge in [-0.25, -0.2) is 0 Å². The molecule has 146 valence electrons. The summed E-state index contributed by atoms with van der Waals surface area (Å²) in [6, 6.07) is 6.94. The van der Waals surface area contributed by atoms with E-state index in [-0.39, 0.29) is 24.2 Å². The number of thioether (sulfide) groups is 1. The summed E-state index contributed by atoms with van der Waals surface area (Å²) in [5.74, 6) is 1.04. The third-order valence-corrected chi connectivity index (χ3v) is 5.12. The number of hydrogen-bond donors (Lipinski definition) is 3. The third-order valence-electron chi connectivity index (χ3n) is 4.48. The fraction of sp³-hybridized carbons (Fsp3) is 0.579. The Hall–Kier alpha value is -1.24. The number of hydrogen-bond acceptors (Lipinski definition) is 4. The predicted molar refractivity (Wildman–Crippen MR) is 111 cm³/mol. The summed E-state index contributed by atoms with van der Waals surface area (Å²) in [6.45, 7) is 4.63. The molecular weight excluding hydrogens is 370 g/mol. The van der Waals surface area contributed by atoms with Crippen molar-refractivity contribution in [3.05, 3.63) is 35.4 Å². The van der Waals surface area contributed by atoms with Crippen LogP contribution in [-0.4, -0.2) is 49.5 Å². The normalized spacial score (nSPS) is 17.7. The largest absolute Gasteiger partial charge is 0.354 e. The van der Waals surface area contributed by atoms with Gasteiger partial charge in [-0.05, 0) is 69.3 Å². The Balaban J connectivity index is 0.00000338. The Bertz CT molecular complexity index is 580. The maximum atomic E-state index is 12.6. The minimum atomic E-state index is -0.489. The van der Waals surface area contributed by atoms with E-state index in [9.17, 15) is 9.59 Å². The van der Waals surface area contributed by atoms with Crippen LogP contribution in [0.2, 0.25) is 0 Å². The number of nitrogens with one attached hydrogen (secondary N) is 3. The molecule has 26 heavy (non-hydrogen) atoms. The van der Waals surface area contributed by atoms with Crippen molar-refractivity contribution in [3.8, 4) is 0 Å². The van der Waals surface area contributed by atoms with Crippen LogP contribution < -0.4 is 16.0 Å². The number of halogens is 1. The number of aryl methyl sites for hydroxylation is 1. The summed E-state index contributed by atoms with van der Waals surface area (Å²) in [5.41, 5.74) is 1.63. The van der Waals surface area contributed by atoms with Crippen LogP contribution in [0, 0.1) is 12.8 Å².